The van der Waals surface area contributed by atoms with Crippen LogP contribution in [0.2, 0.25) is 0 Å². The fourth-order valence-corrected chi connectivity index (χ4v) is 2.61. The highest BCUT2D eigenvalue weighted by atomic mass is 15.2. The summed E-state index contributed by atoms with van der Waals surface area (Å²) in [6, 6.07) is 0.510. The van der Waals surface area contributed by atoms with E-state index in [4.69, 9.17) is 5.73 Å². The number of likely N-dealkylation sites (tertiary alicyclic amines) is 1. The summed E-state index contributed by atoms with van der Waals surface area (Å²) in [7, 11) is 4.28. The van der Waals surface area contributed by atoms with Crippen molar-refractivity contribution in [2.45, 2.75) is 32.7 Å². The van der Waals surface area contributed by atoms with Gasteiger partial charge in [-0.25, -0.2) is 9.97 Å². The molecule has 2 N–H and O–H groups in total. The molecule has 0 aliphatic carbocycles. The van der Waals surface area contributed by atoms with E-state index in [0.717, 1.165) is 23.8 Å². The molecule has 0 spiro atoms. The monoisotopic (exact) mass is 249 g/mol. The Balaban J connectivity index is 2.25. The number of nitrogen functional groups attached to an aromatic ring is 1. The van der Waals surface area contributed by atoms with Crippen LogP contribution in [0.1, 0.15) is 24.2 Å². The topological polar surface area (TPSA) is 58.3 Å². The lowest BCUT2D eigenvalue weighted by Crippen LogP contribution is -2.45. The van der Waals surface area contributed by atoms with Crippen molar-refractivity contribution in [1.29, 1.82) is 0 Å². The molecule has 1 unspecified atom stereocenters. The molecule has 1 fully saturated rings. The predicted octanol–water partition coefficient (Wildman–Crippen LogP) is 1.21. The number of piperidine rings is 1. The van der Waals surface area contributed by atoms with Gasteiger partial charge in [-0.1, -0.05) is 0 Å². The van der Waals surface area contributed by atoms with Crippen molar-refractivity contribution in [2.24, 2.45) is 0 Å². The van der Waals surface area contributed by atoms with E-state index in [1.807, 2.05) is 13.8 Å². The number of hydrogen-bond acceptors (Lipinski definition) is 5. The van der Waals surface area contributed by atoms with Crippen LogP contribution in [-0.4, -0.2) is 48.1 Å². The number of rotatable bonds is 2. The van der Waals surface area contributed by atoms with Crippen molar-refractivity contribution < 1.29 is 0 Å². The summed E-state index contributed by atoms with van der Waals surface area (Å²) in [6.45, 7) is 6.15. The molecule has 5 heteroatoms. The highest BCUT2D eigenvalue weighted by Crippen LogP contribution is 2.25. The Morgan fingerprint density at radius 2 is 2.06 bits per heavy atom. The van der Waals surface area contributed by atoms with Crippen LogP contribution in [0.25, 0.3) is 0 Å². The normalized spacial score (nSPS) is 21.0. The van der Waals surface area contributed by atoms with Gasteiger partial charge in [0.1, 0.15) is 17.5 Å². The maximum absolute atomic E-state index is 5.93. The molecular weight excluding hydrogens is 226 g/mol. The zero-order chi connectivity index (χ0) is 13.3. The van der Waals surface area contributed by atoms with E-state index in [9.17, 15) is 0 Å². The second-order valence-electron chi connectivity index (χ2n) is 5.27. The van der Waals surface area contributed by atoms with Gasteiger partial charge in [-0.3, -0.25) is 0 Å². The van der Waals surface area contributed by atoms with Crippen LogP contribution in [-0.2, 0) is 0 Å². The summed E-state index contributed by atoms with van der Waals surface area (Å²) in [5.74, 6) is 2.30. The third-order valence-electron chi connectivity index (χ3n) is 3.75. The van der Waals surface area contributed by atoms with E-state index in [-0.39, 0.29) is 0 Å². The summed E-state index contributed by atoms with van der Waals surface area (Å²) in [5, 5.41) is 0. The highest BCUT2D eigenvalue weighted by Gasteiger charge is 2.23. The first kappa shape index (κ1) is 13.1. The minimum absolute atomic E-state index is 0.510. The minimum Gasteiger partial charge on any atom is -0.383 e. The van der Waals surface area contributed by atoms with E-state index in [1.165, 1.54) is 19.4 Å². The van der Waals surface area contributed by atoms with Crippen molar-refractivity contribution in [2.75, 3.05) is 37.8 Å². The van der Waals surface area contributed by atoms with Gasteiger partial charge in [0.2, 0.25) is 0 Å². The highest BCUT2D eigenvalue weighted by molar-refractivity contribution is 5.56. The molecule has 0 aromatic carbocycles. The molecule has 1 saturated heterocycles. The summed E-state index contributed by atoms with van der Waals surface area (Å²) in [6.07, 6.45) is 2.45. The van der Waals surface area contributed by atoms with Gasteiger partial charge in [0.15, 0.2) is 0 Å². The minimum atomic E-state index is 0.510. The summed E-state index contributed by atoms with van der Waals surface area (Å²) >= 11 is 0. The first-order valence-electron chi connectivity index (χ1n) is 6.51. The van der Waals surface area contributed by atoms with Gasteiger partial charge in [-0.2, -0.15) is 0 Å². The summed E-state index contributed by atoms with van der Waals surface area (Å²) in [4.78, 5) is 13.4. The first-order chi connectivity index (χ1) is 8.49. The Morgan fingerprint density at radius 1 is 1.33 bits per heavy atom. The second-order valence-corrected chi connectivity index (χ2v) is 5.27. The van der Waals surface area contributed by atoms with Crippen molar-refractivity contribution in [3.8, 4) is 0 Å². The van der Waals surface area contributed by atoms with Gasteiger partial charge in [0.05, 0.1) is 0 Å². The van der Waals surface area contributed by atoms with Crippen LogP contribution < -0.4 is 10.6 Å². The number of aryl methyl sites for hydroxylation is 1. The van der Waals surface area contributed by atoms with Gasteiger partial charge in [-0.15, -0.1) is 0 Å². The Bertz CT molecular complexity index is 432. The molecule has 100 valence electrons. The Morgan fingerprint density at radius 3 is 2.72 bits per heavy atom. The van der Waals surface area contributed by atoms with Crippen LogP contribution >= 0.6 is 0 Å². The van der Waals surface area contributed by atoms with Crippen LogP contribution in [0.15, 0.2) is 0 Å². The lowest BCUT2D eigenvalue weighted by molar-refractivity contribution is 0.247. The van der Waals surface area contributed by atoms with Gasteiger partial charge in [-0.05, 0) is 40.3 Å². The summed E-state index contributed by atoms with van der Waals surface area (Å²) in [5.41, 5.74) is 6.91. The number of nitrogens with zero attached hydrogens (tertiary/aromatic N) is 4. The van der Waals surface area contributed by atoms with E-state index in [1.54, 1.807) is 0 Å². The first-order valence-corrected chi connectivity index (χ1v) is 6.51. The predicted molar refractivity (Wildman–Crippen MR) is 74.8 cm³/mol. The van der Waals surface area contributed by atoms with E-state index >= 15 is 0 Å². The molecule has 1 aliphatic rings. The van der Waals surface area contributed by atoms with Gasteiger partial charge in [0.25, 0.3) is 0 Å². The molecular formula is C13H23N5. The Hall–Kier alpha value is -1.36. The molecule has 0 amide bonds. The van der Waals surface area contributed by atoms with Crippen molar-refractivity contribution >= 4 is 11.6 Å². The Labute approximate surface area is 109 Å². The SMILES string of the molecule is Cc1nc(N)c(C)c(N(C)C2CCCN(C)C2)n1. The van der Waals surface area contributed by atoms with E-state index in [2.05, 4.69) is 33.9 Å². The van der Waals surface area contributed by atoms with Crippen LogP contribution in [0.4, 0.5) is 11.6 Å². The average molecular weight is 249 g/mol. The molecule has 2 rings (SSSR count). The van der Waals surface area contributed by atoms with Crippen molar-refractivity contribution in [3.05, 3.63) is 11.4 Å². The summed E-state index contributed by atoms with van der Waals surface area (Å²) < 4.78 is 0. The zero-order valence-electron chi connectivity index (χ0n) is 11.8. The van der Waals surface area contributed by atoms with Crippen LogP contribution in [0.5, 0.6) is 0 Å². The van der Waals surface area contributed by atoms with Crippen molar-refractivity contribution in [3.63, 3.8) is 0 Å². The third kappa shape index (κ3) is 2.56. The molecule has 0 saturated carbocycles. The molecule has 1 atom stereocenters. The van der Waals surface area contributed by atoms with Gasteiger partial charge >= 0.3 is 0 Å². The fourth-order valence-electron chi connectivity index (χ4n) is 2.61. The van der Waals surface area contributed by atoms with Crippen LogP contribution in [0.3, 0.4) is 0 Å². The lowest BCUT2D eigenvalue weighted by Gasteiger charge is -2.37. The molecule has 18 heavy (non-hydrogen) atoms. The molecule has 1 aliphatic heterocycles. The number of hydrogen-bond donors (Lipinski definition) is 1. The maximum Gasteiger partial charge on any atom is 0.137 e. The largest absolute Gasteiger partial charge is 0.383 e. The standard InChI is InChI=1S/C13H23N5/c1-9-12(14)15-10(2)16-13(9)18(4)11-6-5-7-17(3)8-11/h11H,5-8H2,1-4H3,(H2,14,15,16). The smallest absolute Gasteiger partial charge is 0.137 e. The van der Waals surface area contributed by atoms with E-state index in [0.29, 0.717) is 11.9 Å². The number of anilines is 2. The number of likely N-dealkylation sites (N-methyl/N-ethyl adjacent to an activating group) is 2. The van der Waals surface area contributed by atoms with Gasteiger partial charge < -0.3 is 15.5 Å². The molecule has 5 nitrogen and oxygen atoms in total. The van der Waals surface area contributed by atoms with Gasteiger partial charge in [0, 0.05) is 25.2 Å². The molecule has 1 aromatic heterocycles. The average Bonchev–Trinajstić information content (AvgIpc) is 2.33. The zero-order valence-corrected chi connectivity index (χ0v) is 11.8. The third-order valence-corrected chi connectivity index (χ3v) is 3.75. The van der Waals surface area contributed by atoms with Crippen LogP contribution in [0, 0.1) is 13.8 Å². The van der Waals surface area contributed by atoms with Crippen molar-refractivity contribution in [1.82, 2.24) is 14.9 Å². The molecule has 1 aromatic rings. The number of nitrogens with two attached hydrogens (primary N) is 1. The lowest BCUT2D eigenvalue weighted by atomic mass is 10.0. The maximum atomic E-state index is 5.93. The molecule has 0 bridgehead atoms. The number of aromatic nitrogens is 2. The quantitative estimate of drug-likeness (QED) is 0.853. The molecule has 2 heterocycles. The Kier molecular flexibility index (Phi) is 3.71. The fraction of sp³-hybridized carbons (Fsp3) is 0.692. The van der Waals surface area contributed by atoms with E-state index < -0.39 is 0 Å². The molecule has 0 radical (unpaired) electrons. The second kappa shape index (κ2) is 5.10.